The van der Waals surface area contributed by atoms with E-state index in [1.165, 1.54) is 0 Å². The molecule has 0 aliphatic heterocycles. The lowest BCUT2D eigenvalue weighted by Gasteiger charge is -2.08. The third-order valence-corrected chi connectivity index (χ3v) is 3.76. The van der Waals surface area contributed by atoms with Gasteiger partial charge in [0.2, 0.25) is 5.91 Å². The van der Waals surface area contributed by atoms with Crippen molar-refractivity contribution in [3.8, 4) is 0 Å². The summed E-state index contributed by atoms with van der Waals surface area (Å²) < 4.78 is 0. The Morgan fingerprint density at radius 3 is 2.36 bits per heavy atom. The minimum absolute atomic E-state index is 0.00556. The van der Waals surface area contributed by atoms with Crippen molar-refractivity contribution in [3.05, 3.63) is 90.0 Å². The van der Waals surface area contributed by atoms with Crippen LogP contribution in [0.25, 0.3) is 0 Å². The standard InChI is InChI=1S/C20H20N4O/c25-20(24-14-17-8-11-21-12-9-17)13-16-4-6-18(7-5-16)23-15-19-3-1-2-10-22-19/h1-12,23H,13-15H2,(H,24,25). The van der Waals surface area contributed by atoms with Gasteiger partial charge < -0.3 is 10.6 Å². The molecule has 0 aliphatic rings. The molecule has 0 unspecified atom stereocenters. The first-order valence-electron chi connectivity index (χ1n) is 8.18. The summed E-state index contributed by atoms with van der Waals surface area (Å²) in [5.41, 5.74) is 4.02. The van der Waals surface area contributed by atoms with Crippen molar-refractivity contribution in [2.45, 2.75) is 19.5 Å². The number of rotatable bonds is 7. The number of hydrogen-bond acceptors (Lipinski definition) is 4. The van der Waals surface area contributed by atoms with Gasteiger partial charge in [0.05, 0.1) is 18.7 Å². The van der Waals surface area contributed by atoms with E-state index in [4.69, 9.17) is 0 Å². The molecule has 0 atom stereocenters. The average molecular weight is 332 g/mol. The van der Waals surface area contributed by atoms with E-state index < -0.39 is 0 Å². The highest BCUT2D eigenvalue weighted by Crippen LogP contribution is 2.11. The topological polar surface area (TPSA) is 66.9 Å². The molecule has 3 aromatic rings. The van der Waals surface area contributed by atoms with Crippen molar-refractivity contribution < 1.29 is 4.79 Å². The zero-order valence-electron chi connectivity index (χ0n) is 13.9. The van der Waals surface area contributed by atoms with E-state index in [0.717, 1.165) is 22.5 Å². The summed E-state index contributed by atoms with van der Waals surface area (Å²) in [5.74, 6) is 0.00556. The Kier molecular flexibility index (Phi) is 5.72. The number of carbonyl (C=O) groups is 1. The van der Waals surface area contributed by atoms with Crippen molar-refractivity contribution in [1.29, 1.82) is 0 Å². The zero-order chi connectivity index (χ0) is 17.3. The Bertz CT molecular complexity index is 789. The number of anilines is 1. The Hall–Kier alpha value is -3.21. The molecular weight excluding hydrogens is 312 g/mol. The molecule has 0 fully saturated rings. The van der Waals surface area contributed by atoms with Crippen LogP contribution < -0.4 is 10.6 Å². The van der Waals surface area contributed by atoms with Gasteiger partial charge >= 0.3 is 0 Å². The number of amides is 1. The normalized spacial score (nSPS) is 10.2. The molecule has 3 rings (SSSR count). The summed E-state index contributed by atoms with van der Waals surface area (Å²) in [6.45, 7) is 1.19. The molecule has 1 amide bonds. The van der Waals surface area contributed by atoms with Crippen LogP contribution in [0, 0.1) is 0 Å². The number of pyridine rings is 2. The highest BCUT2D eigenvalue weighted by molar-refractivity contribution is 5.78. The second kappa shape index (κ2) is 8.59. The Morgan fingerprint density at radius 2 is 1.64 bits per heavy atom. The summed E-state index contributed by atoms with van der Waals surface area (Å²) in [7, 11) is 0. The fourth-order valence-corrected chi connectivity index (χ4v) is 2.38. The predicted molar refractivity (Wildman–Crippen MR) is 97.8 cm³/mol. The van der Waals surface area contributed by atoms with Gasteiger partial charge in [-0.05, 0) is 47.5 Å². The van der Waals surface area contributed by atoms with E-state index >= 15 is 0 Å². The molecule has 126 valence electrons. The maximum atomic E-state index is 12.0. The van der Waals surface area contributed by atoms with Crippen LogP contribution in [0.4, 0.5) is 5.69 Å². The monoisotopic (exact) mass is 332 g/mol. The van der Waals surface area contributed by atoms with E-state index in [9.17, 15) is 4.79 Å². The second-order valence-corrected chi connectivity index (χ2v) is 5.68. The number of aromatic nitrogens is 2. The molecule has 2 heterocycles. The van der Waals surface area contributed by atoms with Gasteiger partial charge in [-0.1, -0.05) is 18.2 Å². The fraction of sp³-hybridized carbons (Fsp3) is 0.150. The first kappa shape index (κ1) is 16.6. The van der Waals surface area contributed by atoms with Crippen LogP contribution in [0.5, 0.6) is 0 Å². The van der Waals surface area contributed by atoms with Gasteiger partial charge in [0.15, 0.2) is 0 Å². The maximum Gasteiger partial charge on any atom is 0.224 e. The van der Waals surface area contributed by atoms with Crippen molar-refractivity contribution in [1.82, 2.24) is 15.3 Å². The van der Waals surface area contributed by atoms with Crippen LogP contribution in [0.15, 0.2) is 73.2 Å². The van der Waals surface area contributed by atoms with Gasteiger partial charge in [0, 0.05) is 30.8 Å². The van der Waals surface area contributed by atoms with E-state index in [-0.39, 0.29) is 5.91 Å². The van der Waals surface area contributed by atoms with Crippen LogP contribution in [0.3, 0.4) is 0 Å². The minimum Gasteiger partial charge on any atom is -0.379 e. The molecule has 0 spiro atoms. The molecule has 5 heteroatoms. The Labute approximate surface area is 147 Å². The molecule has 0 saturated carbocycles. The highest BCUT2D eigenvalue weighted by Gasteiger charge is 2.04. The minimum atomic E-state index is 0.00556. The van der Waals surface area contributed by atoms with Crippen molar-refractivity contribution in [2.75, 3.05) is 5.32 Å². The smallest absolute Gasteiger partial charge is 0.224 e. The first-order chi connectivity index (χ1) is 12.3. The summed E-state index contributed by atoms with van der Waals surface area (Å²) >= 11 is 0. The molecule has 0 aliphatic carbocycles. The SMILES string of the molecule is O=C(Cc1ccc(NCc2ccccn2)cc1)NCc1ccncc1. The van der Waals surface area contributed by atoms with E-state index in [1.54, 1.807) is 18.6 Å². The molecule has 25 heavy (non-hydrogen) atoms. The summed E-state index contributed by atoms with van der Waals surface area (Å²) in [6, 6.07) is 17.5. The van der Waals surface area contributed by atoms with Crippen LogP contribution in [-0.2, 0) is 24.3 Å². The van der Waals surface area contributed by atoms with Crippen LogP contribution in [0.2, 0.25) is 0 Å². The molecular formula is C20H20N4O. The molecule has 0 bridgehead atoms. The molecule has 5 nitrogen and oxygen atoms in total. The lowest BCUT2D eigenvalue weighted by Crippen LogP contribution is -2.24. The van der Waals surface area contributed by atoms with Gasteiger partial charge in [-0.25, -0.2) is 0 Å². The number of hydrogen-bond donors (Lipinski definition) is 2. The second-order valence-electron chi connectivity index (χ2n) is 5.68. The Balaban J connectivity index is 1.46. The fourth-order valence-electron chi connectivity index (χ4n) is 2.38. The Morgan fingerprint density at radius 1 is 0.840 bits per heavy atom. The third-order valence-electron chi connectivity index (χ3n) is 3.76. The van der Waals surface area contributed by atoms with Crippen molar-refractivity contribution >= 4 is 11.6 Å². The number of nitrogens with one attached hydrogen (secondary N) is 2. The maximum absolute atomic E-state index is 12.0. The molecule has 1 aromatic carbocycles. The van der Waals surface area contributed by atoms with Gasteiger partial charge in [-0.2, -0.15) is 0 Å². The number of carbonyl (C=O) groups excluding carboxylic acids is 1. The largest absolute Gasteiger partial charge is 0.379 e. The summed E-state index contributed by atoms with van der Waals surface area (Å²) in [6.07, 6.45) is 5.59. The van der Waals surface area contributed by atoms with Gasteiger partial charge in [-0.15, -0.1) is 0 Å². The van der Waals surface area contributed by atoms with Crippen molar-refractivity contribution in [2.24, 2.45) is 0 Å². The van der Waals surface area contributed by atoms with Gasteiger partial charge in [-0.3, -0.25) is 14.8 Å². The number of benzene rings is 1. The molecule has 0 radical (unpaired) electrons. The highest BCUT2D eigenvalue weighted by atomic mass is 16.1. The van der Waals surface area contributed by atoms with E-state index in [0.29, 0.717) is 19.5 Å². The first-order valence-corrected chi connectivity index (χ1v) is 8.18. The zero-order valence-corrected chi connectivity index (χ0v) is 13.9. The molecule has 2 aromatic heterocycles. The van der Waals surface area contributed by atoms with Gasteiger partial charge in [0.25, 0.3) is 0 Å². The van der Waals surface area contributed by atoms with Crippen LogP contribution >= 0.6 is 0 Å². The average Bonchev–Trinajstić information content (AvgIpc) is 2.67. The van der Waals surface area contributed by atoms with Crippen LogP contribution in [0.1, 0.15) is 16.8 Å². The van der Waals surface area contributed by atoms with Crippen LogP contribution in [-0.4, -0.2) is 15.9 Å². The quantitative estimate of drug-likeness (QED) is 0.698. The van der Waals surface area contributed by atoms with E-state index in [1.807, 2.05) is 54.6 Å². The summed E-state index contributed by atoms with van der Waals surface area (Å²) in [4.78, 5) is 20.3. The van der Waals surface area contributed by atoms with E-state index in [2.05, 4.69) is 20.6 Å². The molecule has 0 saturated heterocycles. The lowest BCUT2D eigenvalue weighted by atomic mass is 10.1. The number of nitrogens with zero attached hydrogens (tertiary/aromatic N) is 2. The lowest BCUT2D eigenvalue weighted by molar-refractivity contribution is -0.120. The summed E-state index contributed by atoms with van der Waals surface area (Å²) in [5, 5.41) is 6.24. The van der Waals surface area contributed by atoms with Gasteiger partial charge in [0.1, 0.15) is 0 Å². The predicted octanol–water partition coefficient (Wildman–Crippen LogP) is 2.95. The third kappa shape index (κ3) is 5.42. The molecule has 2 N–H and O–H groups in total. The van der Waals surface area contributed by atoms with Crippen molar-refractivity contribution in [3.63, 3.8) is 0 Å².